The Hall–Kier alpha value is -1.09. The molecule has 0 saturated carbocycles. The predicted octanol–water partition coefficient (Wildman–Crippen LogP) is 1.52. The molecule has 70 valence electrons. The second kappa shape index (κ2) is 3.34. The molecule has 2 N–H and O–H groups in total. The van der Waals surface area contributed by atoms with Gasteiger partial charge in [-0.05, 0) is 18.6 Å². The van der Waals surface area contributed by atoms with Gasteiger partial charge in [0, 0.05) is 13.1 Å². The number of nitrogens with one attached hydrogen (secondary N) is 2. The Morgan fingerprint density at radius 3 is 2.77 bits per heavy atom. The zero-order chi connectivity index (χ0) is 9.26. The fourth-order valence-corrected chi connectivity index (χ4v) is 1.41. The maximum atomic E-state index is 13.3. The average Bonchev–Trinajstić information content (AvgIpc) is 2.00. The molecule has 0 bridgehead atoms. The van der Waals surface area contributed by atoms with Crippen LogP contribution < -0.4 is 10.6 Å². The van der Waals surface area contributed by atoms with Crippen molar-refractivity contribution in [3.8, 4) is 0 Å². The summed E-state index contributed by atoms with van der Waals surface area (Å²) >= 11 is 0. The third-order valence-electron chi connectivity index (χ3n) is 2.35. The van der Waals surface area contributed by atoms with E-state index in [-0.39, 0.29) is 5.82 Å². The van der Waals surface area contributed by atoms with Gasteiger partial charge in [0.1, 0.15) is 5.82 Å². The number of rotatable bonds is 2. The smallest absolute Gasteiger partial charge is 0.146 e. The highest BCUT2D eigenvalue weighted by Gasteiger charge is 2.18. The molecule has 0 aliphatic carbocycles. The van der Waals surface area contributed by atoms with Crippen molar-refractivity contribution in [3.63, 3.8) is 0 Å². The molecule has 0 unspecified atom stereocenters. The minimum absolute atomic E-state index is 0.160. The lowest BCUT2D eigenvalue weighted by molar-refractivity contribution is 0.469. The third kappa shape index (κ3) is 1.65. The number of hydrogen-bond acceptors (Lipinski definition) is 2. The first kappa shape index (κ1) is 8.51. The van der Waals surface area contributed by atoms with Gasteiger partial charge in [-0.25, -0.2) is 4.39 Å². The topological polar surface area (TPSA) is 24.1 Å². The van der Waals surface area contributed by atoms with E-state index in [4.69, 9.17) is 0 Å². The second-order valence-corrected chi connectivity index (χ2v) is 3.43. The third-order valence-corrected chi connectivity index (χ3v) is 2.35. The summed E-state index contributed by atoms with van der Waals surface area (Å²) in [6, 6.07) is 5.52. The molecule has 1 fully saturated rings. The van der Waals surface area contributed by atoms with Gasteiger partial charge in [0.25, 0.3) is 0 Å². The lowest BCUT2D eigenvalue weighted by Crippen LogP contribution is -2.51. The molecule has 0 spiro atoms. The van der Waals surface area contributed by atoms with Crippen LogP contribution in [0, 0.1) is 12.7 Å². The fraction of sp³-hybridized carbons (Fsp3) is 0.400. The van der Waals surface area contributed by atoms with Crippen molar-refractivity contribution in [2.24, 2.45) is 0 Å². The zero-order valence-corrected chi connectivity index (χ0v) is 7.60. The molecule has 2 nitrogen and oxygen atoms in total. The largest absolute Gasteiger partial charge is 0.377 e. The molecule has 0 atom stereocenters. The number of para-hydroxylation sites is 1. The van der Waals surface area contributed by atoms with Gasteiger partial charge < -0.3 is 10.6 Å². The summed E-state index contributed by atoms with van der Waals surface area (Å²) in [5, 5.41) is 6.31. The van der Waals surface area contributed by atoms with Gasteiger partial charge in [0.15, 0.2) is 0 Å². The van der Waals surface area contributed by atoms with E-state index in [0.29, 0.717) is 11.7 Å². The Kier molecular flexibility index (Phi) is 2.19. The lowest BCUT2D eigenvalue weighted by atomic mass is 10.1. The van der Waals surface area contributed by atoms with Gasteiger partial charge in [0.2, 0.25) is 0 Å². The molecule has 1 aromatic rings. The van der Waals surface area contributed by atoms with Crippen LogP contribution in [-0.4, -0.2) is 19.1 Å². The molecule has 0 aromatic heterocycles. The normalized spacial score (nSPS) is 16.8. The van der Waals surface area contributed by atoms with Gasteiger partial charge in [0.05, 0.1) is 11.7 Å². The summed E-state index contributed by atoms with van der Waals surface area (Å²) in [6.07, 6.45) is 0. The van der Waals surface area contributed by atoms with Crippen molar-refractivity contribution in [3.05, 3.63) is 29.6 Å². The van der Waals surface area contributed by atoms with E-state index in [2.05, 4.69) is 10.6 Å². The van der Waals surface area contributed by atoms with Crippen LogP contribution in [0.3, 0.4) is 0 Å². The molecular weight excluding hydrogens is 167 g/mol. The van der Waals surface area contributed by atoms with E-state index in [1.807, 2.05) is 13.0 Å². The minimum Gasteiger partial charge on any atom is -0.377 e. The molecule has 1 aliphatic rings. The highest BCUT2D eigenvalue weighted by Crippen LogP contribution is 2.20. The van der Waals surface area contributed by atoms with Crippen LogP contribution in [0.5, 0.6) is 0 Å². The van der Waals surface area contributed by atoms with E-state index >= 15 is 0 Å². The lowest BCUT2D eigenvalue weighted by Gasteiger charge is -2.29. The molecule has 1 saturated heterocycles. The van der Waals surface area contributed by atoms with Gasteiger partial charge in [-0.1, -0.05) is 12.1 Å². The Balaban J connectivity index is 2.17. The SMILES string of the molecule is Cc1cccc(F)c1NC1CNC1. The van der Waals surface area contributed by atoms with E-state index in [1.54, 1.807) is 6.07 Å². The minimum atomic E-state index is -0.160. The summed E-state index contributed by atoms with van der Waals surface area (Å²) in [6.45, 7) is 3.76. The van der Waals surface area contributed by atoms with E-state index in [9.17, 15) is 4.39 Å². The summed E-state index contributed by atoms with van der Waals surface area (Å²) in [5.41, 5.74) is 1.61. The molecule has 13 heavy (non-hydrogen) atoms. The standard InChI is InChI=1S/C10H13FN2/c1-7-3-2-4-9(11)10(7)13-8-5-12-6-8/h2-4,8,12-13H,5-6H2,1H3. The van der Waals surface area contributed by atoms with Crippen molar-refractivity contribution < 1.29 is 4.39 Å². The van der Waals surface area contributed by atoms with E-state index < -0.39 is 0 Å². The second-order valence-electron chi connectivity index (χ2n) is 3.43. The molecule has 1 aliphatic heterocycles. The predicted molar refractivity (Wildman–Crippen MR) is 51.4 cm³/mol. The fourth-order valence-electron chi connectivity index (χ4n) is 1.41. The average molecular weight is 180 g/mol. The van der Waals surface area contributed by atoms with Crippen molar-refractivity contribution in [2.45, 2.75) is 13.0 Å². The van der Waals surface area contributed by atoms with Crippen LogP contribution in [0.25, 0.3) is 0 Å². The molecule has 1 heterocycles. The highest BCUT2D eigenvalue weighted by molar-refractivity contribution is 5.52. The maximum Gasteiger partial charge on any atom is 0.146 e. The van der Waals surface area contributed by atoms with Crippen molar-refractivity contribution in [1.82, 2.24) is 5.32 Å². The molecule has 2 rings (SSSR count). The molecular formula is C10H13FN2. The van der Waals surface area contributed by atoms with Crippen LogP contribution in [0.2, 0.25) is 0 Å². The molecule has 0 amide bonds. The van der Waals surface area contributed by atoms with E-state index in [0.717, 1.165) is 18.7 Å². The van der Waals surface area contributed by atoms with E-state index in [1.165, 1.54) is 6.07 Å². The quantitative estimate of drug-likeness (QED) is 0.721. The van der Waals surface area contributed by atoms with Crippen LogP contribution in [0.1, 0.15) is 5.56 Å². The molecule has 1 aromatic carbocycles. The van der Waals surface area contributed by atoms with Crippen molar-refractivity contribution >= 4 is 5.69 Å². The van der Waals surface area contributed by atoms with Crippen LogP contribution in [0.4, 0.5) is 10.1 Å². The number of aryl methyl sites for hydroxylation is 1. The van der Waals surface area contributed by atoms with Crippen LogP contribution >= 0.6 is 0 Å². The maximum absolute atomic E-state index is 13.3. The van der Waals surface area contributed by atoms with Gasteiger partial charge >= 0.3 is 0 Å². The number of hydrogen-bond donors (Lipinski definition) is 2. The van der Waals surface area contributed by atoms with Gasteiger partial charge in [-0.15, -0.1) is 0 Å². The first-order valence-electron chi connectivity index (χ1n) is 4.50. The number of halogens is 1. The van der Waals surface area contributed by atoms with Gasteiger partial charge in [-0.2, -0.15) is 0 Å². The number of benzene rings is 1. The summed E-state index contributed by atoms with van der Waals surface area (Å²) < 4.78 is 13.3. The van der Waals surface area contributed by atoms with Crippen LogP contribution in [-0.2, 0) is 0 Å². The monoisotopic (exact) mass is 180 g/mol. The Bertz CT molecular complexity index is 288. The molecule has 0 radical (unpaired) electrons. The Labute approximate surface area is 77.2 Å². The molecule has 3 heteroatoms. The summed E-state index contributed by atoms with van der Waals surface area (Å²) in [5.74, 6) is -0.160. The summed E-state index contributed by atoms with van der Waals surface area (Å²) in [7, 11) is 0. The number of anilines is 1. The van der Waals surface area contributed by atoms with Crippen LogP contribution in [0.15, 0.2) is 18.2 Å². The first-order valence-corrected chi connectivity index (χ1v) is 4.50. The first-order chi connectivity index (χ1) is 6.27. The van der Waals surface area contributed by atoms with Gasteiger partial charge in [-0.3, -0.25) is 0 Å². The summed E-state index contributed by atoms with van der Waals surface area (Å²) in [4.78, 5) is 0. The van der Waals surface area contributed by atoms with Crippen molar-refractivity contribution in [1.29, 1.82) is 0 Å². The Morgan fingerprint density at radius 1 is 1.46 bits per heavy atom. The van der Waals surface area contributed by atoms with Crippen molar-refractivity contribution in [2.75, 3.05) is 18.4 Å². The Morgan fingerprint density at radius 2 is 2.23 bits per heavy atom. The highest BCUT2D eigenvalue weighted by atomic mass is 19.1. The zero-order valence-electron chi connectivity index (χ0n) is 7.60.